The summed E-state index contributed by atoms with van der Waals surface area (Å²) in [6, 6.07) is 14.7. The van der Waals surface area contributed by atoms with Crippen LogP contribution in [0.25, 0.3) is 0 Å². The van der Waals surface area contributed by atoms with Crippen molar-refractivity contribution in [2.45, 2.75) is 58.2 Å². The molecule has 1 fully saturated rings. The molecule has 5 rings (SSSR count). The number of fused-ring (bicyclic) bond motifs is 1. The van der Waals surface area contributed by atoms with E-state index in [4.69, 9.17) is 4.74 Å². The van der Waals surface area contributed by atoms with Crippen LogP contribution in [0.15, 0.2) is 47.8 Å². The first-order valence-corrected chi connectivity index (χ1v) is 12.8. The number of amides is 2. The van der Waals surface area contributed by atoms with Crippen molar-refractivity contribution in [3.8, 4) is 5.75 Å². The summed E-state index contributed by atoms with van der Waals surface area (Å²) in [5, 5.41) is 5.51. The molecule has 3 aromatic rings. The Morgan fingerprint density at radius 3 is 2.71 bits per heavy atom. The van der Waals surface area contributed by atoms with Crippen molar-refractivity contribution in [2.75, 3.05) is 6.54 Å². The summed E-state index contributed by atoms with van der Waals surface area (Å²) in [5.41, 5.74) is 5.11. The first kappa shape index (κ1) is 22.6. The third kappa shape index (κ3) is 4.85. The van der Waals surface area contributed by atoms with Crippen molar-refractivity contribution < 1.29 is 14.3 Å². The van der Waals surface area contributed by atoms with Gasteiger partial charge in [0.15, 0.2) is 0 Å². The minimum absolute atomic E-state index is 0.111. The number of hydrogen-bond acceptors (Lipinski definition) is 5. The average Bonchev–Trinajstić information content (AvgIpc) is 3.54. The first-order valence-electron chi connectivity index (χ1n) is 11.9. The van der Waals surface area contributed by atoms with Gasteiger partial charge in [-0.1, -0.05) is 42.8 Å². The largest absolute Gasteiger partial charge is 0.486 e. The Bertz CT molecular complexity index is 1200. The highest BCUT2D eigenvalue weighted by atomic mass is 32.1. The van der Waals surface area contributed by atoms with E-state index in [0.29, 0.717) is 31.3 Å². The Morgan fingerprint density at radius 2 is 1.97 bits per heavy atom. The molecule has 0 bridgehead atoms. The molecule has 1 N–H and O–H groups in total. The van der Waals surface area contributed by atoms with E-state index in [1.165, 1.54) is 22.5 Å². The zero-order valence-corrected chi connectivity index (χ0v) is 20.4. The highest BCUT2D eigenvalue weighted by Gasteiger charge is 2.31. The molecule has 1 atom stereocenters. The van der Waals surface area contributed by atoms with Gasteiger partial charge in [-0.3, -0.25) is 9.59 Å². The number of carbonyl (C=O) groups excluding carboxylic acids is 2. The second kappa shape index (κ2) is 9.58. The molecule has 2 heterocycles. The number of hydrogen-bond donors (Lipinski definition) is 1. The summed E-state index contributed by atoms with van der Waals surface area (Å²) < 4.78 is 6.08. The van der Waals surface area contributed by atoms with Gasteiger partial charge in [-0.05, 0) is 55.0 Å². The van der Waals surface area contributed by atoms with Gasteiger partial charge < -0.3 is 15.0 Å². The molecule has 0 spiro atoms. The molecule has 1 aliphatic carbocycles. The van der Waals surface area contributed by atoms with E-state index in [2.05, 4.69) is 53.6 Å². The Morgan fingerprint density at radius 1 is 1.18 bits per heavy atom. The van der Waals surface area contributed by atoms with Crippen LogP contribution in [0.5, 0.6) is 5.75 Å². The van der Waals surface area contributed by atoms with Gasteiger partial charge in [0.1, 0.15) is 23.1 Å². The van der Waals surface area contributed by atoms with E-state index in [0.717, 1.165) is 41.1 Å². The van der Waals surface area contributed by atoms with Crippen LogP contribution in [0.2, 0.25) is 0 Å². The van der Waals surface area contributed by atoms with Crippen molar-refractivity contribution in [1.29, 1.82) is 0 Å². The van der Waals surface area contributed by atoms with Gasteiger partial charge in [0, 0.05) is 24.4 Å². The standard InChI is InChI=1S/C27H29N3O3S/c1-3-25(31)30-13-12-18-8-11-21(14-22(18)26(30)19-6-4-17(2)5-7-19)33-15-24-29-23(16-34-24)27(32)28-20-9-10-20/h4-8,11,14,16,20,26H,3,9-10,12-13,15H2,1-2H3,(H,28,32)/t26-/m0/s1. The van der Waals surface area contributed by atoms with Crippen LogP contribution in [0, 0.1) is 6.92 Å². The van der Waals surface area contributed by atoms with E-state index >= 15 is 0 Å². The lowest BCUT2D eigenvalue weighted by Gasteiger charge is -2.38. The van der Waals surface area contributed by atoms with Gasteiger partial charge in [-0.25, -0.2) is 4.98 Å². The number of aryl methyl sites for hydroxylation is 1. The summed E-state index contributed by atoms with van der Waals surface area (Å²) >= 11 is 1.43. The minimum Gasteiger partial charge on any atom is -0.486 e. The highest BCUT2D eigenvalue weighted by Crippen LogP contribution is 2.37. The van der Waals surface area contributed by atoms with E-state index < -0.39 is 0 Å². The monoisotopic (exact) mass is 475 g/mol. The van der Waals surface area contributed by atoms with Crippen LogP contribution in [-0.2, 0) is 17.8 Å². The maximum atomic E-state index is 12.8. The quantitative estimate of drug-likeness (QED) is 0.533. The maximum Gasteiger partial charge on any atom is 0.270 e. The SMILES string of the molecule is CCC(=O)N1CCc2ccc(OCc3nc(C(=O)NC4CC4)cs3)cc2[C@@H]1c1ccc(C)cc1. The lowest BCUT2D eigenvalue weighted by Crippen LogP contribution is -2.40. The van der Waals surface area contributed by atoms with Gasteiger partial charge in [0.2, 0.25) is 5.91 Å². The molecule has 2 aromatic carbocycles. The normalized spacial score (nSPS) is 17.2. The lowest BCUT2D eigenvalue weighted by molar-refractivity contribution is -0.132. The van der Waals surface area contributed by atoms with Gasteiger partial charge in [0.25, 0.3) is 5.91 Å². The highest BCUT2D eigenvalue weighted by molar-refractivity contribution is 7.09. The zero-order chi connectivity index (χ0) is 23.7. The Hall–Kier alpha value is -3.19. The molecular formula is C27H29N3O3S. The molecule has 0 saturated heterocycles. The summed E-state index contributed by atoms with van der Waals surface area (Å²) in [4.78, 5) is 31.4. The molecule has 2 amide bonds. The number of thiazole rings is 1. The third-order valence-corrected chi connectivity index (χ3v) is 7.24. The molecule has 34 heavy (non-hydrogen) atoms. The van der Waals surface area contributed by atoms with Crippen molar-refractivity contribution in [2.24, 2.45) is 0 Å². The van der Waals surface area contributed by atoms with Crippen LogP contribution in [-0.4, -0.2) is 34.3 Å². The minimum atomic E-state index is -0.127. The predicted molar refractivity (Wildman–Crippen MR) is 132 cm³/mol. The molecule has 1 saturated carbocycles. The second-order valence-corrected chi connectivity index (χ2v) is 9.97. The molecule has 1 aliphatic heterocycles. The smallest absolute Gasteiger partial charge is 0.270 e. The fourth-order valence-electron chi connectivity index (χ4n) is 4.38. The van der Waals surface area contributed by atoms with Gasteiger partial charge >= 0.3 is 0 Å². The van der Waals surface area contributed by atoms with Crippen molar-refractivity contribution >= 4 is 23.2 Å². The van der Waals surface area contributed by atoms with Crippen molar-refractivity contribution in [3.05, 3.63) is 80.8 Å². The van der Waals surface area contributed by atoms with E-state index in [-0.39, 0.29) is 17.9 Å². The second-order valence-electron chi connectivity index (χ2n) is 9.03. The zero-order valence-electron chi connectivity index (χ0n) is 19.5. The average molecular weight is 476 g/mol. The molecular weight excluding hydrogens is 446 g/mol. The van der Waals surface area contributed by atoms with Crippen LogP contribution < -0.4 is 10.1 Å². The predicted octanol–water partition coefficient (Wildman–Crippen LogP) is 4.81. The topological polar surface area (TPSA) is 71.5 Å². The number of nitrogens with zero attached hydrogens (tertiary/aromatic N) is 2. The molecule has 6 nitrogen and oxygen atoms in total. The Labute approximate surface area is 204 Å². The van der Waals surface area contributed by atoms with E-state index in [1.807, 2.05) is 17.9 Å². The molecule has 0 unspecified atom stereocenters. The van der Waals surface area contributed by atoms with Crippen LogP contribution >= 0.6 is 11.3 Å². The third-order valence-electron chi connectivity index (χ3n) is 6.42. The number of ether oxygens (including phenoxy) is 1. The Kier molecular flexibility index (Phi) is 6.37. The number of rotatable bonds is 7. The summed E-state index contributed by atoms with van der Waals surface area (Å²) in [5.74, 6) is 0.781. The summed E-state index contributed by atoms with van der Waals surface area (Å²) in [6.45, 7) is 4.99. The van der Waals surface area contributed by atoms with Crippen molar-refractivity contribution in [3.63, 3.8) is 0 Å². The molecule has 0 radical (unpaired) electrons. The van der Waals surface area contributed by atoms with Crippen molar-refractivity contribution in [1.82, 2.24) is 15.2 Å². The van der Waals surface area contributed by atoms with E-state index in [1.54, 1.807) is 5.38 Å². The number of aromatic nitrogens is 1. The van der Waals surface area contributed by atoms with Gasteiger partial charge in [-0.15, -0.1) is 11.3 Å². The lowest BCUT2D eigenvalue weighted by atomic mass is 9.87. The molecule has 1 aromatic heterocycles. The fraction of sp³-hybridized carbons (Fsp3) is 0.370. The first-order chi connectivity index (χ1) is 16.5. The number of carbonyl (C=O) groups is 2. The summed E-state index contributed by atoms with van der Waals surface area (Å²) in [7, 11) is 0. The van der Waals surface area contributed by atoms with Gasteiger partial charge in [0.05, 0.1) is 6.04 Å². The number of nitrogens with one attached hydrogen (secondary N) is 1. The molecule has 7 heteroatoms. The van der Waals surface area contributed by atoms with E-state index in [9.17, 15) is 9.59 Å². The van der Waals surface area contributed by atoms with Crippen LogP contribution in [0.4, 0.5) is 0 Å². The Balaban J connectivity index is 1.36. The maximum absolute atomic E-state index is 12.8. The molecule has 2 aliphatic rings. The molecule has 176 valence electrons. The van der Waals surface area contributed by atoms with Crippen LogP contribution in [0.3, 0.4) is 0 Å². The van der Waals surface area contributed by atoms with Crippen LogP contribution in [0.1, 0.15) is 70.0 Å². The van der Waals surface area contributed by atoms with Gasteiger partial charge in [-0.2, -0.15) is 0 Å². The fourth-order valence-corrected chi connectivity index (χ4v) is 5.06. The summed E-state index contributed by atoms with van der Waals surface area (Å²) in [6.07, 6.45) is 3.41. The number of benzene rings is 2.